The molecule has 0 radical (unpaired) electrons. The standard InChI is InChI=1S/C15H26N2O3/c1-16-15(14(18)19-2)7-6-11(10-15)17-8-9-20-13-5-3-4-12(13)17/h11-13,16H,3-10H2,1-2H3. The van der Waals surface area contributed by atoms with Crippen LogP contribution in [0.2, 0.25) is 0 Å². The molecule has 0 aromatic carbocycles. The number of esters is 1. The molecule has 20 heavy (non-hydrogen) atoms. The van der Waals surface area contributed by atoms with Gasteiger partial charge in [0.2, 0.25) is 0 Å². The molecule has 0 amide bonds. The molecule has 5 nitrogen and oxygen atoms in total. The zero-order chi connectivity index (χ0) is 14.2. The molecule has 1 saturated heterocycles. The number of rotatable bonds is 3. The van der Waals surface area contributed by atoms with Crippen LogP contribution in [0.5, 0.6) is 0 Å². The van der Waals surface area contributed by atoms with Gasteiger partial charge < -0.3 is 14.8 Å². The number of fused-ring (bicyclic) bond motifs is 1. The first kappa shape index (κ1) is 14.3. The lowest BCUT2D eigenvalue weighted by atomic mass is 9.97. The van der Waals surface area contributed by atoms with Crippen molar-refractivity contribution < 1.29 is 14.3 Å². The fourth-order valence-corrected chi connectivity index (χ4v) is 4.42. The van der Waals surface area contributed by atoms with Crippen LogP contribution < -0.4 is 5.32 Å². The second kappa shape index (κ2) is 5.62. The Labute approximate surface area is 121 Å². The molecule has 5 heteroatoms. The first-order chi connectivity index (χ1) is 9.70. The quantitative estimate of drug-likeness (QED) is 0.780. The Morgan fingerprint density at radius 3 is 3.00 bits per heavy atom. The van der Waals surface area contributed by atoms with Crippen LogP contribution >= 0.6 is 0 Å². The lowest BCUT2D eigenvalue weighted by Crippen LogP contribution is -2.55. The highest BCUT2D eigenvalue weighted by Crippen LogP contribution is 2.39. The lowest BCUT2D eigenvalue weighted by molar-refractivity contribution is -0.148. The first-order valence-electron chi connectivity index (χ1n) is 7.85. The SMILES string of the molecule is CNC1(C(=O)OC)CCC(N2CCOC3CCCC32)C1. The van der Waals surface area contributed by atoms with Gasteiger partial charge in [0.25, 0.3) is 0 Å². The van der Waals surface area contributed by atoms with E-state index in [0.717, 1.165) is 32.4 Å². The average molecular weight is 282 g/mol. The molecule has 0 aromatic heterocycles. The fourth-order valence-electron chi connectivity index (χ4n) is 4.42. The summed E-state index contributed by atoms with van der Waals surface area (Å²) in [6, 6.07) is 1.05. The molecular weight excluding hydrogens is 256 g/mol. The van der Waals surface area contributed by atoms with Gasteiger partial charge in [-0.1, -0.05) is 0 Å². The van der Waals surface area contributed by atoms with Crippen molar-refractivity contribution in [3.63, 3.8) is 0 Å². The van der Waals surface area contributed by atoms with E-state index in [1.807, 2.05) is 7.05 Å². The smallest absolute Gasteiger partial charge is 0.326 e. The van der Waals surface area contributed by atoms with E-state index in [1.165, 1.54) is 26.4 Å². The average Bonchev–Trinajstić information content (AvgIpc) is 3.13. The Bertz CT molecular complexity index is 376. The third-order valence-corrected chi connectivity index (χ3v) is 5.54. The first-order valence-corrected chi connectivity index (χ1v) is 7.85. The summed E-state index contributed by atoms with van der Waals surface area (Å²) in [4.78, 5) is 14.7. The van der Waals surface area contributed by atoms with Crippen molar-refractivity contribution in [3.8, 4) is 0 Å². The minimum absolute atomic E-state index is 0.112. The Morgan fingerprint density at radius 2 is 2.25 bits per heavy atom. The topological polar surface area (TPSA) is 50.8 Å². The third-order valence-electron chi connectivity index (χ3n) is 5.54. The molecule has 0 spiro atoms. The molecule has 3 aliphatic rings. The molecule has 1 aliphatic heterocycles. The van der Waals surface area contributed by atoms with E-state index in [9.17, 15) is 4.79 Å². The predicted octanol–water partition coefficient (Wildman–Crippen LogP) is 0.923. The summed E-state index contributed by atoms with van der Waals surface area (Å²) < 4.78 is 10.9. The summed E-state index contributed by atoms with van der Waals surface area (Å²) in [7, 11) is 3.35. The van der Waals surface area contributed by atoms with Gasteiger partial charge in [-0.2, -0.15) is 0 Å². The second-order valence-electron chi connectivity index (χ2n) is 6.37. The van der Waals surface area contributed by atoms with E-state index in [2.05, 4.69) is 10.2 Å². The van der Waals surface area contributed by atoms with Crippen molar-refractivity contribution in [1.82, 2.24) is 10.2 Å². The number of hydrogen-bond acceptors (Lipinski definition) is 5. The third kappa shape index (κ3) is 2.26. The fraction of sp³-hybridized carbons (Fsp3) is 0.933. The van der Waals surface area contributed by atoms with Gasteiger partial charge in [-0.05, 0) is 45.6 Å². The van der Waals surface area contributed by atoms with E-state index < -0.39 is 5.54 Å². The Hall–Kier alpha value is -0.650. The van der Waals surface area contributed by atoms with E-state index >= 15 is 0 Å². The van der Waals surface area contributed by atoms with Gasteiger partial charge >= 0.3 is 5.97 Å². The number of hydrogen-bond donors (Lipinski definition) is 1. The van der Waals surface area contributed by atoms with Crippen LogP contribution in [0.4, 0.5) is 0 Å². The number of carbonyl (C=O) groups excluding carboxylic acids is 1. The molecular formula is C15H26N2O3. The number of nitrogens with one attached hydrogen (secondary N) is 1. The van der Waals surface area contributed by atoms with Gasteiger partial charge in [-0.25, -0.2) is 0 Å². The summed E-state index contributed by atoms with van der Waals surface area (Å²) in [6.45, 7) is 1.84. The molecule has 2 aliphatic carbocycles. The molecule has 2 saturated carbocycles. The van der Waals surface area contributed by atoms with Crippen LogP contribution in [0.1, 0.15) is 38.5 Å². The summed E-state index contributed by atoms with van der Waals surface area (Å²) in [6.07, 6.45) is 6.93. The molecule has 1 N–H and O–H groups in total. The van der Waals surface area contributed by atoms with Crippen molar-refractivity contribution in [2.45, 2.75) is 62.3 Å². The number of likely N-dealkylation sites (N-methyl/N-ethyl adjacent to an activating group) is 1. The van der Waals surface area contributed by atoms with Crippen LogP contribution in [0.15, 0.2) is 0 Å². The number of ether oxygens (including phenoxy) is 2. The summed E-state index contributed by atoms with van der Waals surface area (Å²) >= 11 is 0. The van der Waals surface area contributed by atoms with Crippen LogP contribution in [0.25, 0.3) is 0 Å². The molecule has 3 fully saturated rings. The number of nitrogens with zero attached hydrogens (tertiary/aromatic N) is 1. The molecule has 3 rings (SSSR count). The van der Waals surface area contributed by atoms with Gasteiger partial charge in [0.15, 0.2) is 0 Å². The lowest BCUT2D eigenvalue weighted by Gasteiger charge is -2.42. The summed E-state index contributed by atoms with van der Waals surface area (Å²) in [5.74, 6) is -0.112. The molecule has 0 bridgehead atoms. The van der Waals surface area contributed by atoms with Crippen molar-refractivity contribution in [3.05, 3.63) is 0 Å². The number of methoxy groups -OCH3 is 1. The van der Waals surface area contributed by atoms with Crippen LogP contribution in [0.3, 0.4) is 0 Å². The maximum absolute atomic E-state index is 12.1. The number of carbonyl (C=O) groups is 1. The van der Waals surface area contributed by atoms with Gasteiger partial charge in [-0.3, -0.25) is 9.69 Å². The number of morpholine rings is 1. The molecule has 114 valence electrons. The van der Waals surface area contributed by atoms with E-state index in [-0.39, 0.29) is 5.97 Å². The monoisotopic (exact) mass is 282 g/mol. The minimum atomic E-state index is -0.480. The molecule has 1 heterocycles. The Morgan fingerprint density at radius 1 is 1.40 bits per heavy atom. The zero-order valence-electron chi connectivity index (χ0n) is 12.6. The Balaban J connectivity index is 1.71. The van der Waals surface area contributed by atoms with Gasteiger partial charge in [0.1, 0.15) is 5.54 Å². The normalized spacial score (nSPS) is 41.6. The van der Waals surface area contributed by atoms with Gasteiger partial charge in [-0.15, -0.1) is 0 Å². The highest BCUT2D eigenvalue weighted by atomic mass is 16.5. The van der Waals surface area contributed by atoms with Crippen LogP contribution in [0, 0.1) is 0 Å². The van der Waals surface area contributed by atoms with Crippen LogP contribution in [-0.4, -0.2) is 61.9 Å². The highest BCUT2D eigenvalue weighted by Gasteiger charge is 2.49. The van der Waals surface area contributed by atoms with Gasteiger partial charge in [0.05, 0.1) is 19.8 Å². The van der Waals surface area contributed by atoms with Gasteiger partial charge in [0, 0.05) is 18.6 Å². The Kier molecular flexibility index (Phi) is 4.02. The second-order valence-corrected chi connectivity index (χ2v) is 6.37. The zero-order valence-corrected chi connectivity index (χ0v) is 12.6. The highest BCUT2D eigenvalue weighted by molar-refractivity contribution is 5.81. The van der Waals surface area contributed by atoms with Crippen molar-refractivity contribution >= 4 is 5.97 Å². The molecule has 0 aromatic rings. The van der Waals surface area contributed by atoms with E-state index in [4.69, 9.17) is 9.47 Å². The van der Waals surface area contributed by atoms with Crippen molar-refractivity contribution in [2.24, 2.45) is 0 Å². The van der Waals surface area contributed by atoms with E-state index in [0.29, 0.717) is 18.2 Å². The minimum Gasteiger partial charge on any atom is -0.468 e. The van der Waals surface area contributed by atoms with E-state index in [1.54, 1.807) is 0 Å². The molecule has 4 atom stereocenters. The predicted molar refractivity (Wildman–Crippen MR) is 75.5 cm³/mol. The summed E-state index contributed by atoms with van der Waals surface area (Å²) in [5.41, 5.74) is -0.480. The maximum atomic E-state index is 12.1. The molecule has 4 unspecified atom stereocenters. The largest absolute Gasteiger partial charge is 0.468 e. The van der Waals surface area contributed by atoms with Crippen molar-refractivity contribution in [1.29, 1.82) is 0 Å². The van der Waals surface area contributed by atoms with Crippen molar-refractivity contribution in [2.75, 3.05) is 27.3 Å². The summed E-state index contributed by atoms with van der Waals surface area (Å²) in [5, 5.41) is 3.22. The maximum Gasteiger partial charge on any atom is 0.326 e. The van der Waals surface area contributed by atoms with Crippen LogP contribution in [-0.2, 0) is 14.3 Å².